The summed E-state index contributed by atoms with van der Waals surface area (Å²) in [6.45, 7) is 0. The van der Waals surface area contributed by atoms with Gasteiger partial charge in [-0.3, -0.25) is 0 Å². The second-order valence-electron chi connectivity index (χ2n) is 3.46. The minimum atomic E-state index is 0.788. The number of nitrogen functional groups attached to an aromatic ring is 1. The van der Waals surface area contributed by atoms with E-state index in [1.165, 1.54) is 10.5 Å². The number of anilines is 1. The van der Waals surface area contributed by atoms with Gasteiger partial charge >= 0.3 is 0 Å². The van der Waals surface area contributed by atoms with Crippen LogP contribution in [0.4, 0.5) is 5.69 Å². The van der Waals surface area contributed by atoms with Gasteiger partial charge < -0.3 is 5.73 Å². The molecule has 0 saturated carbocycles. The van der Waals surface area contributed by atoms with Crippen molar-refractivity contribution in [3.05, 3.63) is 58.6 Å². The van der Waals surface area contributed by atoms with Crippen molar-refractivity contribution in [1.82, 2.24) is 0 Å². The van der Waals surface area contributed by atoms with Gasteiger partial charge in [-0.25, -0.2) is 0 Å². The number of hydrogen-bond donors (Lipinski definition) is 1. The van der Waals surface area contributed by atoms with Crippen molar-refractivity contribution >= 4 is 33.4 Å². The van der Waals surface area contributed by atoms with Gasteiger partial charge in [0.1, 0.15) is 0 Å². The second kappa shape index (κ2) is 5.41. The lowest BCUT2D eigenvalue weighted by Crippen LogP contribution is -1.85. The Morgan fingerprint density at radius 2 is 1.81 bits per heavy atom. The highest BCUT2D eigenvalue weighted by atomic mass is 79.9. The zero-order chi connectivity index (χ0) is 11.4. The van der Waals surface area contributed by atoms with Crippen LogP contribution >= 0.6 is 27.7 Å². The van der Waals surface area contributed by atoms with Crippen LogP contribution in [0.5, 0.6) is 0 Å². The van der Waals surface area contributed by atoms with E-state index in [4.69, 9.17) is 5.73 Å². The van der Waals surface area contributed by atoms with Crippen molar-refractivity contribution in [3.63, 3.8) is 0 Å². The summed E-state index contributed by atoms with van der Waals surface area (Å²) in [5.41, 5.74) is 7.81. The van der Waals surface area contributed by atoms with Crippen LogP contribution in [0.25, 0.3) is 0 Å². The van der Waals surface area contributed by atoms with Gasteiger partial charge in [-0.05, 0) is 39.7 Å². The van der Waals surface area contributed by atoms with Gasteiger partial charge in [-0.2, -0.15) is 0 Å². The van der Waals surface area contributed by atoms with Gasteiger partial charge in [0.2, 0.25) is 0 Å². The maximum atomic E-state index is 5.70. The maximum Gasteiger partial charge on any atom is 0.0331 e. The van der Waals surface area contributed by atoms with Crippen LogP contribution in [0.3, 0.4) is 0 Å². The topological polar surface area (TPSA) is 26.0 Å². The Hall–Kier alpha value is -0.930. The number of hydrogen-bond acceptors (Lipinski definition) is 2. The smallest absolute Gasteiger partial charge is 0.0331 e. The average molecular weight is 294 g/mol. The molecule has 0 aliphatic heterocycles. The molecule has 0 aromatic heterocycles. The molecule has 0 amide bonds. The summed E-state index contributed by atoms with van der Waals surface area (Å²) < 4.78 is 1.06. The molecule has 2 rings (SSSR count). The molecule has 0 aliphatic rings. The fraction of sp³-hybridized carbons (Fsp3) is 0.0769. The summed E-state index contributed by atoms with van der Waals surface area (Å²) in [5, 5.41) is 0. The average Bonchev–Trinajstić information content (AvgIpc) is 2.29. The number of nitrogens with two attached hydrogens (primary N) is 1. The molecule has 2 N–H and O–H groups in total. The molecular weight excluding hydrogens is 282 g/mol. The van der Waals surface area contributed by atoms with Gasteiger partial charge in [0.25, 0.3) is 0 Å². The SMILES string of the molecule is Nc1ccc(SCc2ccccc2)c(Br)c1. The number of thioether (sulfide) groups is 1. The van der Waals surface area contributed by atoms with Crippen LogP contribution in [0.2, 0.25) is 0 Å². The van der Waals surface area contributed by atoms with Gasteiger partial charge in [0.15, 0.2) is 0 Å². The third-order valence-corrected chi connectivity index (χ3v) is 4.26. The summed E-state index contributed by atoms with van der Waals surface area (Å²) >= 11 is 5.33. The lowest BCUT2D eigenvalue weighted by molar-refractivity contribution is 1.36. The van der Waals surface area contributed by atoms with Gasteiger partial charge in [0.05, 0.1) is 0 Å². The van der Waals surface area contributed by atoms with Crippen molar-refractivity contribution in [3.8, 4) is 0 Å². The highest BCUT2D eigenvalue weighted by Crippen LogP contribution is 2.31. The molecule has 0 heterocycles. The Balaban J connectivity index is 2.05. The quantitative estimate of drug-likeness (QED) is 0.674. The van der Waals surface area contributed by atoms with E-state index >= 15 is 0 Å². The van der Waals surface area contributed by atoms with E-state index in [1.54, 1.807) is 11.8 Å². The maximum absolute atomic E-state index is 5.70. The molecule has 0 unspecified atom stereocenters. The Labute approximate surface area is 108 Å². The van der Waals surface area contributed by atoms with Gasteiger partial charge in [0, 0.05) is 20.8 Å². The van der Waals surface area contributed by atoms with E-state index in [0.717, 1.165) is 15.9 Å². The molecular formula is C13H12BrNS. The largest absolute Gasteiger partial charge is 0.399 e. The van der Waals surface area contributed by atoms with E-state index in [0.29, 0.717) is 0 Å². The van der Waals surface area contributed by atoms with Crippen LogP contribution in [0, 0.1) is 0 Å². The Bertz CT molecular complexity index is 471. The van der Waals surface area contributed by atoms with Crippen LogP contribution in [0.1, 0.15) is 5.56 Å². The Morgan fingerprint density at radius 3 is 2.50 bits per heavy atom. The van der Waals surface area contributed by atoms with Crippen molar-refractivity contribution in [2.75, 3.05) is 5.73 Å². The predicted octanol–water partition coefficient (Wildman–Crippen LogP) is 4.32. The van der Waals surface area contributed by atoms with Crippen molar-refractivity contribution in [2.45, 2.75) is 10.6 Å². The van der Waals surface area contributed by atoms with Crippen molar-refractivity contribution in [1.29, 1.82) is 0 Å². The Morgan fingerprint density at radius 1 is 1.06 bits per heavy atom. The molecule has 0 radical (unpaired) electrons. The van der Waals surface area contributed by atoms with Crippen LogP contribution in [-0.4, -0.2) is 0 Å². The molecule has 2 aromatic carbocycles. The van der Waals surface area contributed by atoms with Crippen LogP contribution in [0.15, 0.2) is 57.9 Å². The second-order valence-corrected chi connectivity index (χ2v) is 5.34. The number of halogens is 1. The zero-order valence-electron chi connectivity index (χ0n) is 8.69. The predicted molar refractivity (Wildman–Crippen MR) is 74.6 cm³/mol. The van der Waals surface area contributed by atoms with E-state index in [9.17, 15) is 0 Å². The van der Waals surface area contributed by atoms with Crippen LogP contribution < -0.4 is 5.73 Å². The summed E-state index contributed by atoms with van der Waals surface area (Å²) in [6, 6.07) is 16.4. The summed E-state index contributed by atoms with van der Waals surface area (Å²) in [7, 11) is 0. The normalized spacial score (nSPS) is 10.3. The van der Waals surface area contributed by atoms with Gasteiger partial charge in [-0.1, -0.05) is 30.3 Å². The fourth-order valence-electron chi connectivity index (χ4n) is 1.37. The minimum absolute atomic E-state index is 0.788. The Kier molecular flexibility index (Phi) is 3.91. The standard InChI is InChI=1S/C13H12BrNS/c14-12-8-11(15)6-7-13(12)16-9-10-4-2-1-3-5-10/h1-8H,9,15H2. The number of benzene rings is 2. The molecule has 2 aromatic rings. The van der Waals surface area contributed by atoms with E-state index in [2.05, 4.69) is 40.2 Å². The molecule has 1 nitrogen and oxygen atoms in total. The third kappa shape index (κ3) is 3.03. The van der Waals surface area contributed by atoms with E-state index < -0.39 is 0 Å². The molecule has 0 aliphatic carbocycles. The first kappa shape index (κ1) is 11.6. The van der Waals surface area contributed by atoms with Crippen molar-refractivity contribution in [2.24, 2.45) is 0 Å². The molecule has 0 spiro atoms. The minimum Gasteiger partial charge on any atom is -0.399 e. The first-order valence-electron chi connectivity index (χ1n) is 4.97. The summed E-state index contributed by atoms with van der Waals surface area (Å²) in [5.74, 6) is 0.976. The summed E-state index contributed by atoms with van der Waals surface area (Å²) in [4.78, 5) is 1.22. The molecule has 3 heteroatoms. The summed E-state index contributed by atoms with van der Waals surface area (Å²) in [6.07, 6.45) is 0. The highest BCUT2D eigenvalue weighted by Gasteiger charge is 2.01. The lowest BCUT2D eigenvalue weighted by atomic mass is 10.2. The molecule has 0 bridgehead atoms. The first-order valence-corrected chi connectivity index (χ1v) is 6.75. The lowest BCUT2D eigenvalue weighted by Gasteiger charge is -2.05. The molecule has 0 atom stereocenters. The molecule has 16 heavy (non-hydrogen) atoms. The van der Waals surface area contributed by atoms with Crippen molar-refractivity contribution < 1.29 is 0 Å². The first-order chi connectivity index (χ1) is 7.75. The van der Waals surface area contributed by atoms with Crippen LogP contribution in [-0.2, 0) is 5.75 Å². The highest BCUT2D eigenvalue weighted by molar-refractivity contribution is 9.10. The van der Waals surface area contributed by atoms with E-state index in [-0.39, 0.29) is 0 Å². The third-order valence-electron chi connectivity index (χ3n) is 2.19. The molecule has 0 fully saturated rings. The zero-order valence-corrected chi connectivity index (χ0v) is 11.1. The number of rotatable bonds is 3. The molecule has 82 valence electrons. The van der Waals surface area contributed by atoms with E-state index in [1.807, 2.05) is 24.3 Å². The van der Waals surface area contributed by atoms with Gasteiger partial charge in [-0.15, -0.1) is 11.8 Å². The fourth-order valence-corrected chi connectivity index (χ4v) is 2.99. The monoisotopic (exact) mass is 293 g/mol. The molecule has 0 saturated heterocycles.